The molecule has 1 aromatic carbocycles. The molecule has 1 amide bonds. The number of aromatic amines is 1. The van der Waals surface area contributed by atoms with Crippen LogP contribution in [0.1, 0.15) is 18.9 Å². The molecular formula is C13H14N2O2. The number of hydrogen-bond donors (Lipinski definition) is 2. The van der Waals surface area contributed by atoms with Gasteiger partial charge in [-0.3, -0.25) is 9.59 Å². The summed E-state index contributed by atoms with van der Waals surface area (Å²) < 4.78 is 0. The summed E-state index contributed by atoms with van der Waals surface area (Å²) in [6, 6.07) is 7.07. The van der Waals surface area contributed by atoms with Crippen LogP contribution in [0, 0.1) is 6.92 Å². The van der Waals surface area contributed by atoms with Crippen LogP contribution in [0.2, 0.25) is 0 Å². The summed E-state index contributed by atoms with van der Waals surface area (Å²) in [4.78, 5) is 25.4. The van der Waals surface area contributed by atoms with Crippen LogP contribution in [0.25, 0.3) is 10.9 Å². The van der Waals surface area contributed by atoms with E-state index in [1.807, 2.05) is 19.1 Å². The van der Waals surface area contributed by atoms with Crippen LogP contribution in [0.4, 0.5) is 5.69 Å². The number of carbonyl (C=O) groups excluding carboxylic acids is 1. The van der Waals surface area contributed by atoms with Crippen molar-refractivity contribution < 1.29 is 4.79 Å². The first-order chi connectivity index (χ1) is 8.10. The fourth-order valence-electron chi connectivity index (χ4n) is 1.76. The van der Waals surface area contributed by atoms with E-state index in [2.05, 4.69) is 10.3 Å². The molecule has 17 heavy (non-hydrogen) atoms. The number of carbonyl (C=O) groups is 1. The van der Waals surface area contributed by atoms with Gasteiger partial charge in [0.15, 0.2) is 0 Å². The van der Waals surface area contributed by atoms with Gasteiger partial charge < -0.3 is 10.3 Å². The van der Waals surface area contributed by atoms with Gasteiger partial charge in [-0.15, -0.1) is 0 Å². The first kappa shape index (κ1) is 11.4. The number of rotatable bonds is 2. The number of benzene rings is 1. The average Bonchev–Trinajstić information content (AvgIpc) is 2.28. The highest BCUT2D eigenvalue weighted by Crippen LogP contribution is 2.19. The quantitative estimate of drug-likeness (QED) is 0.830. The number of fused-ring (bicyclic) bond motifs is 1. The van der Waals surface area contributed by atoms with Gasteiger partial charge >= 0.3 is 0 Å². The van der Waals surface area contributed by atoms with Gasteiger partial charge in [0.05, 0.1) is 5.52 Å². The summed E-state index contributed by atoms with van der Waals surface area (Å²) in [6.07, 6.45) is 0.433. The minimum Gasteiger partial charge on any atom is -0.326 e. The van der Waals surface area contributed by atoms with Crippen molar-refractivity contribution >= 4 is 22.5 Å². The van der Waals surface area contributed by atoms with Crippen molar-refractivity contribution in [2.45, 2.75) is 20.3 Å². The van der Waals surface area contributed by atoms with E-state index < -0.39 is 0 Å². The Labute approximate surface area is 98.7 Å². The summed E-state index contributed by atoms with van der Waals surface area (Å²) >= 11 is 0. The lowest BCUT2D eigenvalue weighted by Gasteiger charge is -2.06. The first-order valence-electron chi connectivity index (χ1n) is 5.53. The SMILES string of the molecule is CCC(=O)Nc1ccc2c(C)cc(=O)[nH]c2c1. The Bertz CT molecular complexity index is 629. The van der Waals surface area contributed by atoms with Crippen LogP contribution in [0.5, 0.6) is 0 Å². The highest BCUT2D eigenvalue weighted by molar-refractivity contribution is 5.93. The van der Waals surface area contributed by atoms with Crippen molar-refractivity contribution in [1.29, 1.82) is 0 Å². The van der Waals surface area contributed by atoms with E-state index in [1.165, 1.54) is 0 Å². The first-order valence-corrected chi connectivity index (χ1v) is 5.53. The van der Waals surface area contributed by atoms with Crippen molar-refractivity contribution in [3.8, 4) is 0 Å². The average molecular weight is 230 g/mol. The van der Waals surface area contributed by atoms with Gasteiger partial charge in [0.1, 0.15) is 0 Å². The number of pyridine rings is 1. The lowest BCUT2D eigenvalue weighted by Crippen LogP contribution is -2.10. The molecule has 4 nitrogen and oxygen atoms in total. The molecule has 0 saturated heterocycles. The van der Waals surface area contributed by atoms with E-state index >= 15 is 0 Å². The van der Waals surface area contributed by atoms with Crippen molar-refractivity contribution in [2.24, 2.45) is 0 Å². The molecule has 0 radical (unpaired) electrons. The normalized spacial score (nSPS) is 10.5. The Kier molecular flexibility index (Phi) is 2.95. The second kappa shape index (κ2) is 4.41. The smallest absolute Gasteiger partial charge is 0.248 e. The molecule has 0 aliphatic carbocycles. The van der Waals surface area contributed by atoms with Gasteiger partial charge in [-0.2, -0.15) is 0 Å². The molecule has 4 heteroatoms. The highest BCUT2D eigenvalue weighted by Gasteiger charge is 2.03. The van der Waals surface area contributed by atoms with Crippen LogP contribution >= 0.6 is 0 Å². The number of aromatic nitrogens is 1. The van der Waals surface area contributed by atoms with Crippen LogP contribution in [0.3, 0.4) is 0 Å². The Morgan fingerprint density at radius 3 is 2.82 bits per heavy atom. The molecule has 1 aromatic heterocycles. The third-order valence-electron chi connectivity index (χ3n) is 2.65. The summed E-state index contributed by atoms with van der Waals surface area (Å²) in [6.45, 7) is 3.68. The Morgan fingerprint density at radius 2 is 2.12 bits per heavy atom. The lowest BCUT2D eigenvalue weighted by atomic mass is 10.1. The number of amides is 1. The minimum atomic E-state index is -0.131. The van der Waals surface area contributed by atoms with E-state index in [1.54, 1.807) is 19.1 Å². The van der Waals surface area contributed by atoms with Gasteiger partial charge in [-0.1, -0.05) is 13.0 Å². The van der Waals surface area contributed by atoms with Crippen LogP contribution in [-0.4, -0.2) is 10.9 Å². The van der Waals surface area contributed by atoms with Crippen molar-refractivity contribution in [2.75, 3.05) is 5.32 Å². The number of aryl methyl sites for hydroxylation is 1. The third kappa shape index (κ3) is 2.36. The number of nitrogens with one attached hydrogen (secondary N) is 2. The molecule has 0 fully saturated rings. The van der Waals surface area contributed by atoms with Crippen molar-refractivity contribution in [3.63, 3.8) is 0 Å². The maximum atomic E-state index is 11.4. The second-order valence-corrected chi connectivity index (χ2v) is 3.98. The fraction of sp³-hybridized carbons (Fsp3) is 0.231. The second-order valence-electron chi connectivity index (χ2n) is 3.98. The Hall–Kier alpha value is -2.10. The molecule has 0 bridgehead atoms. The van der Waals surface area contributed by atoms with Gasteiger partial charge in [0.25, 0.3) is 0 Å². The standard InChI is InChI=1S/C13H14N2O2/c1-3-12(16)14-9-4-5-10-8(2)6-13(17)15-11(10)7-9/h4-7H,3H2,1-2H3,(H,14,16)(H,15,17). The fourth-order valence-corrected chi connectivity index (χ4v) is 1.76. The van der Waals surface area contributed by atoms with E-state index in [4.69, 9.17) is 0 Å². The van der Waals surface area contributed by atoms with Crippen LogP contribution < -0.4 is 10.9 Å². The minimum absolute atomic E-state index is 0.0423. The Balaban J connectivity index is 2.50. The maximum Gasteiger partial charge on any atom is 0.248 e. The molecular weight excluding hydrogens is 216 g/mol. The molecule has 0 aliphatic heterocycles. The molecule has 88 valence electrons. The summed E-state index contributed by atoms with van der Waals surface area (Å²) in [5.74, 6) is -0.0423. The van der Waals surface area contributed by atoms with Crippen molar-refractivity contribution in [1.82, 2.24) is 4.98 Å². The zero-order valence-corrected chi connectivity index (χ0v) is 9.83. The highest BCUT2D eigenvalue weighted by atomic mass is 16.1. The lowest BCUT2D eigenvalue weighted by molar-refractivity contribution is -0.115. The summed E-state index contributed by atoms with van der Waals surface area (Å²) in [5.41, 5.74) is 2.24. The van der Waals surface area contributed by atoms with Crippen LogP contribution in [-0.2, 0) is 4.79 Å². The van der Waals surface area contributed by atoms with E-state index in [0.717, 1.165) is 16.5 Å². The molecule has 2 N–H and O–H groups in total. The molecule has 2 aromatic rings. The maximum absolute atomic E-state index is 11.4. The van der Waals surface area contributed by atoms with E-state index in [-0.39, 0.29) is 11.5 Å². The molecule has 2 rings (SSSR count). The van der Waals surface area contributed by atoms with E-state index in [0.29, 0.717) is 12.1 Å². The van der Waals surface area contributed by atoms with Gasteiger partial charge in [-0.05, 0) is 24.6 Å². The van der Waals surface area contributed by atoms with E-state index in [9.17, 15) is 9.59 Å². The third-order valence-corrected chi connectivity index (χ3v) is 2.65. The zero-order chi connectivity index (χ0) is 12.4. The predicted molar refractivity (Wildman–Crippen MR) is 68.2 cm³/mol. The van der Waals surface area contributed by atoms with Crippen LogP contribution in [0.15, 0.2) is 29.1 Å². The largest absolute Gasteiger partial charge is 0.326 e. The predicted octanol–water partition coefficient (Wildman–Crippen LogP) is 2.19. The van der Waals surface area contributed by atoms with Crippen molar-refractivity contribution in [3.05, 3.63) is 40.2 Å². The number of anilines is 1. The number of hydrogen-bond acceptors (Lipinski definition) is 2. The molecule has 1 heterocycles. The molecule has 0 aliphatic rings. The molecule has 0 spiro atoms. The van der Waals surface area contributed by atoms with Gasteiger partial charge in [0, 0.05) is 23.6 Å². The molecule has 0 unspecified atom stereocenters. The Morgan fingerprint density at radius 1 is 1.35 bits per heavy atom. The zero-order valence-electron chi connectivity index (χ0n) is 9.83. The number of H-pyrrole nitrogens is 1. The summed E-state index contributed by atoms with van der Waals surface area (Å²) in [7, 11) is 0. The molecule has 0 saturated carbocycles. The molecule has 0 atom stereocenters. The van der Waals surface area contributed by atoms with Gasteiger partial charge in [-0.25, -0.2) is 0 Å². The monoisotopic (exact) mass is 230 g/mol. The summed E-state index contributed by atoms with van der Waals surface area (Å²) in [5, 5.41) is 3.75. The van der Waals surface area contributed by atoms with Gasteiger partial charge in [0.2, 0.25) is 11.5 Å². The topological polar surface area (TPSA) is 62.0 Å².